The van der Waals surface area contributed by atoms with E-state index in [0.717, 1.165) is 17.0 Å². The summed E-state index contributed by atoms with van der Waals surface area (Å²) in [7, 11) is -2.17. The van der Waals surface area contributed by atoms with Gasteiger partial charge in [0, 0.05) is 13.0 Å². The molecule has 1 aromatic carbocycles. The normalized spacial score (nSPS) is 10.7. The fourth-order valence-corrected chi connectivity index (χ4v) is 2.68. The number of nitrogens with one attached hydrogen (secondary N) is 1. The van der Waals surface area contributed by atoms with Gasteiger partial charge in [0.25, 0.3) is 10.1 Å². The van der Waals surface area contributed by atoms with E-state index >= 15 is 0 Å². The van der Waals surface area contributed by atoms with Crippen LogP contribution in [-0.2, 0) is 10.1 Å². The van der Waals surface area contributed by atoms with Gasteiger partial charge in [-0.1, -0.05) is 23.8 Å². The van der Waals surface area contributed by atoms with Crippen molar-refractivity contribution in [1.82, 2.24) is 5.32 Å². The molecule has 0 bridgehead atoms. The fourth-order valence-electron chi connectivity index (χ4n) is 1.51. The molecule has 22 heavy (non-hydrogen) atoms. The summed E-state index contributed by atoms with van der Waals surface area (Å²) in [6.07, 6.45) is 0.594. The number of benzene rings is 1. The molecule has 0 aliphatic heterocycles. The highest BCUT2D eigenvalue weighted by Crippen LogP contribution is 2.10. The van der Waals surface area contributed by atoms with Gasteiger partial charge in [-0.25, -0.2) is 0 Å². The average Bonchev–Trinajstić information content (AvgIpc) is 2.99. The van der Waals surface area contributed by atoms with Gasteiger partial charge in [0.05, 0.1) is 9.77 Å². The molecule has 1 heterocycles. The first kappa shape index (κ1) is 18.5. The summed E-state index contributed by atoms with van der Waals surface area (Å²) in [6, 6.07) is 9.75. The molecule has 2 rings (SSSR count). The minimum absolute atomic E-state index is 0.0666. The molecule has 0 aliphatic rings. The van der Waals surface area contributed by atoms with Crippen LogP contribution in [0.4, 0.5) is 0 Å². The molecule has 2 aromatic rings. The summed E-state index contributed by atoms with van der Waals surface area (Å²) in [6.45, 7) is 2.60. The van der Waals surface area contributed by atoms with Gasteiger partial charge in [-0.05, 0) is 37.6 Å². The van der Waals surface area contributed by atoms with Gasteiger partial charge in [0.1, 0.15) is 0 Å². The number of carbonyl (C=O) groups excluding carboxylic acids is 1. The number of rotatable bonds is 5. The lowest BCUT2D eigenvalue weighted by Gasteiger charge is -1.95. The minimum Gasteiger partial charge on any atom is -0.319 e. The first-order valence-corrected chi connectivity index (χ1v) is 8.92. The van der Waals surface area contributed by atoms with E-state index in [2.05, 4.69) is 5.32 Å². The lowest BCUT2D eigenvalue weighted by Crippen LogP contribution is -2.12. The van der Waals surface area contributed by atoms with E-state index in [0.29, 0.717) is 6.42 Å². The van der Waals surface area contributed by atoms with E-state index in [-0.39, 0.29) is 10.7 Å². The smallest absolute Gasteiger partial charge is 0.294 e. The van der Waals surface area contributed by atoms with Gasteiger partial charge < -0.3 is 5.32 Å². The number of hydrogen-bond acceptors (Lipinski definition) is 5. The van der Waals surface area contributed by atoms with E-state index in [1.165, 1.54) is 23.5 Å². The van der Waals surface area contributed by atoms with Gasteiger partial charge in [0.2, 0.25) is 0 Å². The van der Waals surface area contributed by atoms with Crippen molar-refractivity contribution < 1.29 is 17.8 Å². The van der Waals surface area contributed by atoms with Crippen molar-refractivity contribution >= 4 is 27.2 Å². The van der Waals surface area contributed by atoms with E-state index in [1.807, 2.05) is 31.5 Å². The molecular weight excluding hydrogens is 322 g/mol. The highest BCUT2D eigenvalue weighted by atomic mass is 32.2. The van der Waals surface area contributed by atoms with Gasteiger partial charge in [-0.15, -0.1) is 11.3 Å². The van der Waals surface area contributed by atoms with E-state index in [1.54, 1.807) is 12.1 Å². The van der Waals surface area contributed by atoms with Crippen molar-refractivity contribution in [3.8, 4) is 0 Å². The molecule has 2 N–H and O–H groups in total. The van der Waals surface area contributed by atoms with Crippen molar-refractivity contribution in [2.45, 2.75) is 18.2 Å². The number of thiophene rings is 1. The first-order valence-electron chi connectivity index (χ1n) is 6.60. The summed E-state index contributed by atoms with van der Waals surface area (Å²) >= 11 is 1.50. The molecule has 5 nitrogen and oxygen atoms in total. The predicted octanol–water partition coefficient (Wildman–Crippen LogP) is 2.78. The Morgan fingerprint density at radius 3 is 2.32 bits per heavy atom. The number of carbonyl (C=O) groups is 1. The summed E-state index contributed by atoms with van der Waals surface area (Å²) in [5.74, 6) is 0.231. The molecular formula is C15H19NO4S2. The maximum absolute atomic E-state index is 11.2. The molecule has 0 fully saturated rings. The van der Waals surface area contributed by atoms with Crippen LogP contribution in [0.1, 0.15) is 21.7 Å². The zero-order valence-corrected chi connectivity index (χ0v) is 14.1. The van der Waals surface area contributed by atoms with Crippen LogP contribution < -0.4 is 5.32 Å². The van der Waals surface area contributed by atoms with Crippen LogP contribution >= 0.6 is 11.3 Å². The fraction of sp³-hybridized carbons (Fsp3) is 0.267. The van der Waals surface area contributed by atoms with Crippen molar-refractivity contribution in [3.05, 3.63) is 52.2 Å². The SMILES string of the molecule is CNCCC(=O)c1cccs1.Cc1ccc(S(=O)(=O)O)cc1. The molecule has 0 amide bonds. The van der Waals surface area contributed by atoms with Gasteiger partial charge in [-0.2, -0.15) is 8.42 Å². The minimum atomic E-state index is -4.02. The second-order valence-electron chi connectivity index (χ2n) is 4.54. The van der Waals surface area contributed by atoms with Crippen LogP contribution in [0.15, 0.2) is 46.7 Å². The third-order valence-electron chi connectivity index (χ3n) is 2.72. The Morgan fingerprint density at radius 1 is 1.23 bits per heavy atom. The summed E-state index contributed by atoms with van der Waals surface area (Å²) in [4.78, 5) is 12.0. The molecule has 0 spiro atoms. The molecule has 0 saturated carbocycles. The predicted molar refractivity (Wildman–Crippen MR) is 88.2 cm³/mol. The average molecular weight is 341 g/mol. The quantitative estimate of drug-likeness (QED) is 0.645. The van der Waals surface area contributed by atoms with Crippen LogP contribution in [0.2, 0.25) is 0 Å². The van der Waals surface area contributed by atoms with E-state index in [4.69, 9.17) is 4.55 Å². The Kier molecular flexibility index (Phi) is 7.40. The number of hydrogen-bond donors (Lipinski definition) is 2. The topological polar surface area (TPSA) is 83.5 Å². The summed E-state index contributed by atoms with van der Waals surface area (Å²) in [5, 5.41) is 4.87. The maximum atomic E-state index is 11.2. The van der Waals surface area contributed by atoms with Crippen LogP contribution in [-0.4, -0.2) is 32.3 Å². The number of ketones is 1. The monoisotopic (exact) mass is 341 g/mol. The van der Waals surface area contributed by atoms with Crippen LogP contribution in [0.25, 0.3) is 0 Å². The molecule has 7 heteroatoms. The van der Waals surface area contributed by atoms with Crippen LogP contribution in [0.3, 0.4) is 0 Å². The summed E-state index contributed by atoms with van der Waals surface area (Å²) in [5.41, 5.74) is 0.956. The molecule has 0 unspecified atom stereocenters. The van der Waals surface area contributed by atoms with E-state index in [9.17, 15) is 13.2 Å². The van der Waals surface area contributed by atoms with Crippen molar-refractivity contribution in [3.63, 3.8) is 0 Å². The van der Waals surface area contributed by atoms with Crippen molar-refractivity contribution in [1.29, 1.82) is 0 Å². The Labute approximate surface area is 134 Å². The largest absolute Gasteiger partial charge is 0.319 e. The van der Waals surface area contributed by atoms with Crippen molar-refractivity contribution in [2.24, 2.45) is 0 Å². The third kappa shape index (κ3) is 6.48. The molecule has 0 aliphatic carbocycles. The number of aryl methyl sites for hydroxylation is 1. The highest BCUT2D eigenvalue weighted by Gasteiger charge is 2.06. The lowest BCUT2D eigenvalue weighted by molar-refractivity contribution is 0.0987. The van der Waals surface area contributed by atoms with Gasteiger partial charge in [-0.3, -0.25) is 9.35 Å². The molecule has 0 saturated heterocycles. The maximum Gasteiger partial charge on any atom is 0.294 e. The Morgan fingerprint density at radius 2 is 1.86 bits per heavy atom. The standard InChI is InChI=1S/C8H11NOS.C7H8O3S/c1-9-5-4-7(10)8-3-2-6-11-8;1-6-2-4-7(5-3-6)11(8,9)10/h2-3,6,9H,4-5H2,1H3;2-5H,1H3,(H,8,9,10). The summed E-state index contributed by atoms with van der Waals surface area (Å²) < 4.78 is 29.6. The molecule has 0 radical (unpaired) electrons. The van der Waals surface area contributed by atoms with Crippen molar-refractivity contribution in [2.75, 3.05) is 13.6 Å². The van der Waals surface area contributed by atoms with Crippen LogP contribution in [0, 0.1) is 6.92 Å². The van der Waals surface area contributed by atoms with Crippen LogP contribution in [0.5, 0.6) is 0 Å². The Hall–Kier alpha value is -1.54. The lowest BCUT2D eigenvalue weighted by atomic mass is 10.2. The Bertz CT molecular complexity index is 677. The number of Topliss-reactive ketones (excluding diaryl/α,β-unsaturated/α-hetero) is 1. The second kappa shape index (κ2) is 8.79. The van der Waals surface area contributed by atoms with Gasteiger partial charge in [0.15, 0.2) is 5.78 Å². The molecule has 0 atom stereocenters. The zero-order chi connectivity index (χ0) is 16.6. The van der Waals surface area contributed by atoms with E-state index < -0.39 is 10.1 Å². The first-order chi connectivity index (χ1) is 10.3. The second-order valence-corrected chi connectivity index (χ2v) is 6.91. The highest BCUT2D eigenvalue weighted by molar-refractivity contribution is 7.85. The third-order valence-corrected chi connectivity index (χ3v) is 4.50. The molecule has 1 aromatic heterocycles. The zero-order valence-electron chi connectivity index (χ0n) is 12.4. The molecule has 120 valence electrons. The van der Waals surface area contributed by atoms with Gasteiger partial charge >= 0.3 is 0 Å². The Balaban J connectivity index is 0.000000220.